The zero-order valence-electron chi connectivity index (χ0n) is 17.0. The van der Waals surface area contributed by atoms with Gasteiger partial charge >= 0.3 is 5.97 Å². The number of aromatic nitrogens is 3. The van der Waals surface area contributed by atoms with Gasteiger partial charge in [-0.3, -0.25) is 14.7 Å². The van der Waals surface area contributed by atoms with Crippen LogP contribution >= 0.6 is 11.6 Å². The molecular formula is C22H24ClN5O2. The Bertz CT molecular complexity index is 1010. The van der Waals surface area contributed by atoms with Crippen LogP contribution in [0.15, 0.2) is 55.0 Å². The number of esters is 1. The van der Waals surface area contributed by atoms with E-state index in [1.807, 2.05) is 66.1 Å². The van der Waals surface area contributed by atoms with E-state index in [1.54, 1.807) is 12.4 Å². The van der Waals surface area contributed by atoms with Gasteiger partial charge in [-0.25, -0.2) is 4.68 Å². The largest absolute Gasteiger partial charge is 0.465 e. The van der Waals surface area contributed by atoms with Gasteiger partial charge in [-0.15, -0.1) is 5.10 Å². The average Bonchev–Trinajstić information content (AvgIpc) is 3.21. The van der Waals surface area contributed by atoms with E-state index in [0.29, 0.717) is 18.2 Å². The minimum absolute atomic E-state index is 0.202. The average molecular weight is 426 g/mol. The van der Waals surface area contributed by atoms with Crippen molar-refractivity contribution in [2.45, 2.75) is 13.0 Å². The minimum Gasteiger partial charge on any atom is -0.465 e. The van der Waals surface area contributed by atoms with E-state index in [2.05, 4.69) is 9.88 Å². The molecule has 1 saturated heterocycles. The molecule has 3 heterocycles. The number of likely N-dealkylation sites (N-methyl/N-ethyl adjacent to an activating group) is 1. The molecule has 2 aromatic heterocycles. The molecule has 0 aliphatic carbocycles. The molecule has 1 aliphatic rings. The van der Waals surface area contributed by atoms with Crippen molar-refractivity contribution < 1.29 is 9.53 Å². The number of benzene rings is 1. The first-order chi connectivity index (χ1) is 14.6. The zero-order valence-corrected chi connectivity index (χ0v) is 17.8. The molecule has 0 amide bonds. The summed E-state index contributed by atoms with van der Waals surface area (Å²) >= 11 is 6.05. The molecule has 0 unspecified atom stereocenters. The van der Waals surface area contributed by atoms with Crippen LogP contribution in [0.4, 0.5) is 5.82 Å². The number of nitrogens with zero attached hydrogens (tertiary/aromatic N) is 5. The Morgan fingerprint density at radius 2 is 1.90 bits per heavy atom. The van der Waals surface area contributed by atoms with Crippen LogP contribution in [0.3, 0.4) is 0 Å². The third kappa shape index (κ3) is 4.17. The van der Waals surface area contributed by atoms with Crippen LogP contribution in [0.25, 0.3) is 16.8 Å². The summed E-state index contributed by atoms with van der Waals surface area (Å²) in [5.74, 6) is 0.630. The van der Waals surface area contributed by atoms with Crippen molar-refractivity contribution in [1.82, 2.24) is 19.7 Å². The lowest BCUT2D eigenvalue weighted by Crippen LogP contribution is -2.55. The van der Waals surface area contributed by atoms with Crippen LogP contribution in [0, 0.1) is 0 Å². The third-order valence-electron chi connectivity index (χ3n) is 5.28. The number of rotatable bonds is 5. The van der Waals surface area contributed by atoms with Crippen LogP contribution in [0.1, 0.15) is 6.92 Å². The quantitative estimate of drug-likeness (QED) is 0.584. The first-order valence-electron chi connectivity index (χ1n) is 9.94. The van der Waals surface area contributed by atoms with Gasteiger partial charge in [-0.1, -0.05) is 11.6 Å². The fraction of sp³-hybridized carbons (Fsp3) is 0.318. The first-order valence-corrected chi connectivity index (χ1v) is 10.3. The maximum Gasteiger partial charge on any atom is 0.325 e. The normalized spacial score (nSPS) is 17.2. The minimum atomic E-state index is -0.329. The number of carbonyl (C=O) groups excluding carboxylic acids is 1. The molecular weight excluding hydrogens is 402 g/mol. The number of pyridine rings is 1. The lowest BCUT2D eigenvalue weighted by atomic mass is 10.1. The first kappa shape index (κ1) is 20.4. The van der Waals surface area contributed by atoms with E-state index >= 15 is 0 Å². The predicted molar refractivity (Wildman–Crippen MR) is 117 cm³/mol. The molecule has 0 spiro atoms. The van der Waals surface area contributed by atoms with Crippen molar-refractivity contribution in [3.8, 4) is 16.8 Å². The maximum atomic E-state index is 12.5. The van der Waals surface area contributed by atoms with Gasteiger partial charge < -0.3 is 9.64 Å². The van der Waals surface area contributed by atoms with Crippen LogP contribution in [-0.2, 0) is 9.53 Å². The van der Waals surface area contributed by atoms with Crippen molar-refractivity contribution in [2.75, 3.05) is 38.2 Å². The molecule has 3 aromatic rings. The SMILES string of the molecule is CCOC(=O)[C@@H]1CN(c2nn(-c3ccc(Cl)cc3)cc2-c2ccncc2)CCN1C. The third-order valence-corrected chi connectivity index (χ3v) is 5.54. The molecule has 1 fully saturated rings. The van der Waals surface area contributed by atoms with Crippen molar-refractivity contribution >= 4 is 23.4 Å². The van der Waals surface area contributed by atoms with E-state index in [1.165, 1.54) is 0 Å². The summed E-state index contributed by atoms with van der Waals surface area (Å²) < 4.78 is 7.13. The van der Waals surface area contributed by atoms with Gasteiger partial charge in [0.25, 0.3) is 0 Å². The Balaban J connectivity index is 1.72. The lowest BCUT2D eigenvalue weighted by Gasteiger charge is -2.38. The van der Waals surface area contributed by atoms with Crippen LogP contribution in [-0.4, -0.2) is 65.0 Å². The van der Waals surface area contributed by atoms with Crippen molar-refractivity contribution in [2.24, 2.45) is 0 Å². The summed E-state index contributed by atoms with van der Waals surface area (Å²) in [5, 5.41) is 5.56. The molecule has 0 radical (unpaired) electrons. The second kappa shape index (κ2) is 8.85. The summed E-state index contributed by atoms with van der Waals surface area (Å²) in [6, 6.07) is 11.2. The second-order valence-corrected chi connectivity index (χ2v) is 7.65. The van der Waals surface area contributed by atoms with Gasteiger partial charge in [0.2, 0.25) is 0 Å². The Labute approximate surface area is 180 Å². The van der Waals surface area contributed by atoms with E-state index < -0.39 is 0 Å². The van der Waals surface area contributed by atoms with Crippen molar-refractivity contribution in [3.63, 3.8) is 0 Å². The predicted octanol–water partition coefficient (Wildman–Crippen LogP) is 3.27. The molecule has 1 atom stereocenters. The molecule has 1 aromatic carbocycles. The smallest absolute Gasteiger partial charge is 0.325 e. The Kier molecular flexibility index (Phi) is 6.01. The van der Waals surface area contributed by atoms with Gasteiger partial charge in [0.1, 0.15) is 6.04 Å². The number of anilines is 1. The number of hydrogen-bond donors (Lipinski definition) is 0. The molecule has 1 aliphatic heterocycles. The number of halogens is 1. The molecule has 8 heteroatoms. The molecule has 156 valence electrons. The van der Waals surface area contributed by atoms with E-state index in [-0.39, 0.29) is 12.0 Å². The number of carbonyl (C=O) groups is 1. The van der Waals surface area contributed by atoms with E-state index in [4.69, 9.17) is 21.4 Å². The molecule has 0 bridgehead atoms. The highest BCUT2D eigenvalue weighted by Gasteiger charge is 2.33. The molecule has 0 saturated carbocycles. The van der Waals surface area contributed by atoms with Gasteiger partial charge in [0.15, 0.2) is 5.82 Å². The topological polar surface area (TPSA) is 63.5 Å². The number of piperazine rings is 1. The van der Waals surface area contributed by atoms with Gasteiger partial charge in [-0.05, 0) is 55.9 Å². The van der Waals surface area contributed by atoms with Crippen LogP contribution in [0.5, 0.6) is 0 Å². The van der Waals surface area contributed by atoms with E-state index in [0.717, 1.165) is 35.7 Å². The zero-order chi connectivity index (χ0) is 21.1. The van der Waals surface area contributed by atoms with Crippen molar-refractivity contribution in [1.29, 1.82) is 0 Å². The Hall–Kier alpha value is -2.90. The fourth-order valence-corrected chi connectivity index (χ4v) is 3.74. The van der Waals surface area contributed by atoms with Crippen LogP contribution in [0.2, 0.25) is 5.02 Å². The highest BCUT2D eigenvalue weighted by molar-refractivity contribution is 6.30. The van der Waals surface area contributed by atoms with Crippen LogP contribution < -0.4 is 4.90 Å². The molecule has 30 heavy (non-hydrogen) atoms. The molecule has 7 nitrogen and oxygen atoms in total. The summed E-state index contributed by atoms with van der Waals surface area (Å²) in [6.07, 6.45) is 5.54. The molecule has 4 rings (SSSR count). The number of ether oxygens (including phenoxy) is 1. The van der Waals surface area contributed by atoms with Gasteiger partial charge in [-0.2, -0.15) is 0 Å². The summed E-state index contributed by atoms with van der Waals surface area (Å²) in [7, 11) is 1.95. The summed E-state index contributed by atoms with van der Waals surface area (Å²) in [6.45, 7) is 4.23. The highest BCUT2D eigenvalue weighted by atomic mass is 35.5. The standard InChI is InChI=1S/C22H24ClN5O2/c1-3-30-22(29)20-15-27(13-12-26(20)2)21-19(16-8-10-24-11-9-16)14-28(25-21)18-6-4-17(23)5-7-18/h4-11,14,20H,3,12-13,15H2,1-2H3/t20-/m0/s1. The Morgan fingerprint density at radius 3 is 2.60 bits per heavy atom. The summed E-state index contributed by atoms with van der Waals surface area (Å²) in [5.41, 5.74) is 2.92. The van der Waals surface area contributed by atoms with E-state index in [9.17, 15) is 4.79 Å². The number of hydrogen-bond acceptors (Lipinski definition) is 6. The lowest BCUT2D eigenvalue weighted by molar-refractivity contribution is -0.149. The highest BCUT2D eigenvalue weighted by Crippen LogP contribution is 2.32. The Morgan fingerprint density at radius 1 is 1.17 bits per heavy atom. The maximum absolute atomic E-state index is 12.5. The monoisotopic (exact) mass is 425 g/mol. The molecule has 0 N–H and O–H groups in total. The van der Waals surface area contributed by atoms with Crippen molar-refractivity contribution in [3.05, 3.63) is 60.0 Å². The second-order valence-electron chi connectivity index (χ2n) is 7.22. The fourth-order valence-electron chi connectivity index (χ4n) is 3.62. The van der Waals surface area contributed by atoms with Gasteiger partial charge in [0, 0.05) is 48.8 Å². The van der Waals surface area contributed by atoms with Gasteiger partial charge in [0.05, 0.1) is 12.3 Å². The summed E-state index contributed by atoms with van der Waals surface area (Å²) in [4.78, 5) is 20.8.